The lowest BCUT2D eigenvalue weighted by molar-refractivity contribution is -0.0178. The molecule has 0 bridgehead atoms. The number of nitriles is 1. The normalized spacial score (nSPS) is 31.2. The Balaban J connectivity index is 2.38. The molecule has 1 saturated carbocycles. The molecule has 1 fully saturated rings. The monoisotopic (exact) mass is 255 g/mol. The Kier molecular flexibility index (Phi) is 4.07. The van der Waals surface area contributed by atoms with Crippen LogP contribution in [0, 0.1) is 16.7 Å². The van der Waals surface area contributed by atoms with Gasteiger partial charge in [-0.3, -0.25) is 0 Å². The Morgan fingerprint density at radius 1 is 1.21 bits per heavy atom. The molecule has 2 atom stereocenters. The van der Waals surface area contributed by atoms with Gasteiger partial charge in [0, 0.05) is 0 Å². The third-order valence-electron chi connectivity index (χ3n) is 4.39. The van der Waals surface area contributed by atoms with Gasteiger partial charge in [0.2, 0.25) is 0 Å². The first kappa shape index (κ1) is 13.8. The number of nitrogens with zero attached hydrogens (tertiary/aromatic N) is 1. The molecule has 0 aliphatic heterocycles. The van der Waals surface area contributed by atoms with E-state index in [0.717, 1.165) is 31.2 Å². The summed E-state index contributed by atoms with van der Waals surface area (Å²) < 4.78 is 0. The summed E-state index contributed by atoms with van der Waals surface area (Å²) in [5.74, 6) is 0. The van der Waals surface area contributed by atoms with E-state index in [1.54, 1.807) is 6.08 Å². The van der Waals surface area contributed by atoms with Crippen molar-refractivity contribution in [3.63, 3.8) is 0 Å². The smallest absolute Gasteiger partial charge is 0.101 e. The van der Waals surface area contributed by atoms with E-state index < -0.39 is 11.0 Å². The highest BCUT2D eigenvalue weighted by atomic mass is 16.3. The molecule has 100 valence electrons. The number of hydrogen-bond donors (Lipinski definition) is 1. The maximum Gasteiger partial charge on any atom is 0.101 e. The molecule has 1 aromatic carbocycles. The fraction of sp³-hybridized carbons (Fsp3) is 0.471. The molecule has 1 N–H and O–H groups in total. The van der Waals surface area contributed by atoms with Crippen molar-refractivity contribution in [2.24, 2.45) is 5.41 Å². The minimum Gasteiger partial charge on any atom is -0.384 e. The molecule has 0 heterocycles. The summed E-state index contributed by atoms with van der Waals surface area (Å²) in [4.78, 5) is 0. The molecule has 0 amide bonds. The van der Waals surface area contributed by atoms with Gasteiger partial charge < -0.3 is 5.11 Å². The Morgan fingerprint density at radius 2 is 1.89 bits per heavy atom. The van der Waals surface area contributed by atoms with Crippen molar-refractivity contribution in [3.8, 4) is 6.07 Å². The van der Waals surface area contributed by atoms with E-state index in [1.165, 1.54) is 0 Å². The van der Waals surface area contributed by atoms with Gasteiger partial charge in [-0.25, -0.2) is 0 Å². The van der Waals surface area contributed by atoms with Gasteiger partial charge in [-0.15, -0.1) is 6.58 Å². The summed E-state index contributed by atoms with van der Waals surface area (Å²) in [6.45, 7) is 3.78. The van der Waals surface area contributed by atoms with Gasteiger partial charge in [-0.2, -0.15) is 5.26 Å². The molecule has 1 aliphatic rings. The maximum atomic E-state index is 10.9. The Labute approximate surface area is 115 Å². The Bertz CT molecular complexity index is 476. The van der Waals surface area contributed by atoms with Crippen molar-refractivity contribution in [2.45, 2.75) is 44.1 Å². The first-order valence-electron chi connectivity index (χ1n) is 6.97. The molecule has 0 radical (unpaired) electrons. The molecule has 19 heavy (non-hydrogen) atoms. The van der Waals surface area contributed by atoms with Crippen molar-refractivity contribution < 1.29 is 5.11 Å². The van der Waals surface area contributed by atoms with Gasteiger partial charge in [-0.1, -0.05) is 55.7 Å². The van der Waals surface area contributed by atoms with E-state index in [2.05, 4.69) is 12.6 Å². The fourth-order valence-corrected chi connectivity index (χ4v) is 3.13. The van der Waals surface area contributed by atoms with Crippen LogP contribution in [0.5, 0.6) is 0 Å². The van der Waals surface area contributed by atoms with Crippen LogP contribution in [-0.4, -0.2) is 10.7 Å². The lowest BCUT2D eigenvalue weighted by atomic mass is 9.66. The number of benzene rings is 1. The molecule has 1 aromatic rings. The van der Waals surface area contributed by atoms with Crippen LogP contribution in [0.2, 0.25) is 0 Å². The first-order valence-corrected chi connectivity index (χ1v) is 6.97. The quantitative estimate of drug-likeness (QED) is 0.662. The molecule has 0 saturated heterocycles. The summed E-state index contributed by atoms with van der Waals surface area (Å²) in [7, 11) is 0. The molecule has 0 aromatic heterocycles. The Morgan fingerprint density at radius 3 is 2.53 bits per heavy atom. The van der Waals surface area contributed by atoms with E-state index in [4.69, 9.17) is 0 Å². The van der Waals surface area contributed by atoms with E-state index >= 15 is 0 Å². The molecule has 2 rings (SSSR count). The highest BCUT2D eigenvalue weighted by molar-refractivity contribution is 5.26. The lowest BCUT2D eigenvalue weighted by Crippen LogP contribution is -2.46. The minimum atomic E-state index is -1.08. The molecule has 0 unspecified atom stereocenters. The molecular formula is C17H21NO. The molecule has 0 spiro atoms. The van der Waals surface area contributed by atoms with Crippen molar-refractivity contribution in [3.05, 3.63) is 48.6 Å². The van der Waals surface area contributed by atoms with E-state index in [-0.39, 0.29) is 0 Å². The van der Waals surface area contributed by atoms with Gasteiger partial charge in [-0.05, 0) is 24.8 Å². The zero-order valence-electron chi connectivity index (χ0n) is 11.3. The van der Waals surface area contributed by atoms with Crippen LogP contribution in [0.25, 0.3) is 0 Å². The highest BCUT2D eigenvalue weighted by Gasteiger charge is 2.49. The zero-order valence-corrected chi connectivity index (χ0v) is 11.3. The second kappa shape index (κ2) is 5.59. The van der Waals surface area contributed by atoms with Gasteiger partial charge in [0.05, 0.1) is 11.5 Å². The minimum absolute atomic E-state index is 0.590. The number of rotatable bonds is 3. The molecule has 2 heteroatoms. The second-order valence-electron chi connectivity index (χ2n) is 5.55. The van der Waals surface area contributed by atoms with Crippen LogP contribution in [0.4, 0.5) is 0 Å². The number of aliphatic hydroxyl groups is 1. The predicted octanol–water partition coefficient (Wildman–Crippen LogP) is 3.62. The summed E-state index contributed by atoms with van der Waals surface area (Å²) in [6.07, 6.45) is 6.58. The third-order valence-corrected chi connectivity index (χ3v) is 4.39. The predicted molar refractivity (Wildman–Crippen MR) is 76.4 cm³/mol. The van der Waals surface area contributed by atoms with E-state index in [0.29, 0.717) is 12.8 Å². The van der Waals surface area contributed by atoms with Crippen molar-refractivity contribution in [2.75, 3.05) is 0 Å². The van der Waals surface area contributed by atoms with Gasteiger partial charge in [0.25, 0.3) is 0 Å². The van der Waals surface area contributed by atoms with Crippen LogP contribution in [0.15, 0.2) is 43.0 Å². The summed E-state index contributed by atoms with van der Waals surface area (Å²) in [6, 6.07) is 12.4. The van der Waals surface area contributed by atoms with E-state index in [1.807, 2.05) is 30.3 Å². The van der Waals surface area contributed by atoms with Crippen LogP contribution in [0.1, 0.15) is 37.7 Å². The molecular weight excluding hydrogens is 234 g/mol. The number of hydrogen-bond acceptors (Lipinski definition) is 2. The third kappa shape index (κ3) is 2.57. The highest BCUT2D eigenvalue weighted by Crippen LogP contribution is 2.45. The lowest BCUT2D eigenvalue weighted by Gasteiger charge is -2.39. The van der Waals surface area contributed by atoms with Crippen LogP contribution in [-0.2, 0) is 6.42 Å². The zero-order chi connectivity index (χ0) is 13.8. The van der Waals surface area contributed by atoms with Gasteiger partial charge in [0.15, 0.2) is 0 Å². The van der Waals surface area contributed by atoms with Crippen LogP contribution >= 0.6 is 0 Å². The van der Waals surface area contributed by atoms with Crippen molar-refractivity contribution in [1.29, 1.82) is 5.26 Å². The second-order valence-corrected chi connectivity index (χ2v) is 5.55. The largest absolute Gasteiger partial charge is 0.384 e. The van der Waals surface area contributed by atoms with Crippen LogP contribution in [0.3, 0.4) is 0 Å². The summed E-state index contributed by atoms with van der Waals surface area (Å²) >= 11 is 0. The first-order chi connectivity index (χ1) is 9.16. The fourth-order valence-electron chi connectivity index (χ4n) is 3.13. The molecule has 2 nitrogen and oxygen atoms in total. The maximum absolute atomic E-state index is 10.9. The average molecular weight is 255 g/mol. The van der Waals surface area contributed by atoms with Gasteiger partial charge >= 0.3 is 0 Å². The van der Waals surface area contributed by atoms with Crippen LogP contribution < -0.4 is 0 Å². The topological polar surface area (TPSA) is 44.0 Å². The van der Waals surface area contributed by atoms with Crippen molar-refractivity contribution >= 4 is 0 Å². The average Bonchev–Trinajstić information content (AvgIpc) is 2.61. The molecule has 1 aliphatic carbocycles. The SMILES string of the molecule is C=C[C@@]1(O)CCCCC[C@@]1(C#N)Cc1ccccc1. The Hall–Kier alpha value is -1.59. The summed E-state index contributed by atoms with van der Waals surface area (Å²) in [5, 5.41) is 20.6. The standard InChI is InChI=1S/C17H21NO/c1-2-17(19)12-8-4-7-11-16(17,14-18)13-15-9-5-3-6-10-15/h2-3,5-6,9-10,19H,1,4,7-8,11-13H2/t16-,17+/m0/s1. The van der Waals surface area contributed by atoms with E-state index in [9.17, 15) is 10.4 Å². The summed E-state index contributed by atoms with van der Waals surface area (Å²) in [5.41, 5.74) is -0.716. The van der Waals surface area contributed by atoms with Gasteiger partial charge in [0.1, 0.15) is 5.60 Å². The van der Waals surface area contributed by atoms with Crippen molar-refractivity contribution in [1.82, 2.24) is 0 Å².